The topological polar surface area (TPSA) is 58.4 Å². The summed E-state index contributed by atoms with van der Waals surface area (Å²) in [6.45, 7) is 0. The molecule has 0 fully saturated rings. The SMILES string of the molecule is c1ccc(-c2cc(-c3ccccc3)nc(-c3ccc(-c4c(-n5c6ccccc6c6ccccc65)c(-n5c6ccccc6c6ccccc65)nc(-n5c6ccccc6c6ccccc65)c4-n4c5ccccc5c5ccccc54)cc3)n2)cc1. The van der Waals surface area contributed by atoms with E-state index in [0.717, 1.165) is 149 Å². The van der Waals surface area contributed by atoms with Gasteiger partial charge in [0.1, 0.15) is 11.4 Å². The molecular formula is C75H47N7. The number of benzene rings is 11. The molecule has 0 amide bonds. The van der Waals surface area contributed by atoms with Crippen LogP contribution in [0.25, 0.3) is 155 Å². The van der Waals surface area contributed by atoms with Gasteiger partial charge >= 0.3 is 0 Å². The molecule has 6 heterocycles. The van der Waals surface area contributed by atoms with Gasteiger partial charge in [0.05, 0.1) is 55.5 Å². The third-order valence-corrected chi connectivity index (χ3v) is 16.6. The lowest BCUT2D eigenvalue weighted by molar-refractivity contribution is 0.961. The summed E-state index contributed by atoms with van der Waals surface area (Å²) in [5, 5.41) is 9.22. The van der Waals surface area contributed by atoms with Crippen LogP contribution in [0.5, 0.6) is 0 Å². The van der Waals surface area contributed by atoms with Crippen LogP contribution in [0.4, 0.5) is 0 Å². The Morgan fingerprint density at radius 3 is 0.768 bits per heavy atom. The minimum absolute atomic E-state index is 0.642. The molecule has 0 atom stereocenters. The van der Waals surface area contributed by atoms with Gasteiger partial charge in [0.2, 0.25) is 0 Å². The highest BCUT2D eigenvalue weighted by Crippen LogP contribution is 2.49. The predicted molar refractivity (Wildman–Crippen MR) is 339 cm³/mol. The van der Waals surface area contributed by atoms with E-state index in [2.05, 4.69) is 291 Å². The first-order valence-electron chi connectivity index (χ1n) is 27.9. The number of rotatable bonds is 8. The molecule has 17 aromatic rings. The maximum atomic E-state index is 6.39. The first-order valence-corrected chi connectivity index (χ1v) is 27.9. The number of aromatic nitrogens is 7. The van der Waals surface area contributed by atoms with E-state index in [1.165, 1.54) is 0 Å². The van der Waals surface area contributed by atoms with Crippen LogP contribution in [0.3, 0.4) is 0 Å². The second kappa shape index (κ2) is 18.2. The Kier molecular flexibility index (Phi) is 10.2. The molecular weight excluding hydrogens is 999 g/mol. The zero-order valence-electron chi connectivity index (χ0n) is 44.3. The lowest BCUT2D eigenvalue weighted by atomic mass is 9.98. The minimum Gasteiger partial charge on any atom is -0.305 e. The van der Waals surface area contributed by atoms with Gasteiger partial charge in [-0.05, 0) is 60.2 Å². The number of nitrogens with zero attached hydrogens (tertiary/aromatic N) is 7. The van der Waals surface area contributed by atoms with E-state index >= 15 is 0 Å². The standard InChI is InChI=1S/C75H47N7/c1-3-23-48(24-4-1)60-47-61(49-25-5-2-6-26-49)77-73(76-60)51-45-43-50(44-46-51)70-71(79-62-35-15-7-27-52(62)53-28-8-16-36-63(53)79)74(81-66-39-19-11-31-56(66)57-32-12-20-40-67(57)81)78-75(82-68-41-21-13-33-58(68)59-34-14-22-42-69(59)82)72(70)80-64-37-17-9-29-54(64)55-30-10-18-38-65(55)80/h1-47H. The summed E-state index contributed by atoms with van der Waals surface area (Å²) in [4.78, 5) is 17.1. The van der Waals surface area contributed by atoms with Gasteiger partial charge in [0.15, 0.2) is 17.5 Å². The van der Waals surface area contributed by atoms with Gasteiger partial charge in [-0.25, -0.2) is 15.0 Å². The van der Waals surface area contributed by atoms with Crippen molar-refractivity contribution < 1.29 is 0 Å². The van der Waals surface area contributed by atoms with Gasteiger partial charge < -0.3 is 9.13 Å². The van der Waals surface area contributed by atoms with Crippen molar-refractivity contribution in [1.29, 1.82) is 0 Å². The first-order chi connectivity index (χ1) is 40.7. The van der Waals surface area contributed by atoms with Gasteiger partial charge in [-0.2, -0.15) is 0 Å². The molecule has 7 nitrogen and oxygen atoms in total. The van der Waals surface area contributed by atoms with Crippen molar-refractivity contribution in [3.8, 4) is 68.0 Å². The Morgan fingerprint density at radius 2 is 0.463 bits per heavy atom. The van der Waals surface area contributed by atoms with Gasteiger partial charge in [-0.15, -0.1) is 0 Å². The van der Waals surface area contributed by atoms with Crippen LogP contribution in [-0.4, -0.2) is 33.2 Å². The molecule has 0 aliphatic rings. The summed E-state index contributed by atoms with van der Waals surface area (Å²) in [5.41, 5.74) is 17.0. The highest BCUT2D eigenvalue weighted by molar-refractivity contribution is 6.16. The molecule has 0 radical (unpaired) electrons. The Labute approximate surface area is 471 Å². The maximum absolute atomic E-state index is 6.39. The van der Waals surface area contributed by atoms with E-state index in [1.807, 2.05) is 12.1 Å². The molecule has 0 aliphatic carbocycles. The fourth-order valence-corrected chi connectivity index (χ4v) is 13.1. The number of hydrogen-bond donors (Lipinski definition) is 0. The fourth-order valence-electron chi connectivity index (χ4n) is 13.1. The Balaban J connectivity index is 1.09. The van der Waals surface area contributed by atoms with E-state index in [-0.39, 0.29) is 0 Å². The van der Waals surface area contributed by atoms with Crippen LogP contribution in [0.15, 0.2) is 285 Å². The van der Waals surface area contributed by atoms with Crippen molar-refractivity contribution in [2.75, 3.05) is 0 Å². The molecule has 17 rings (SSSR count). The second-order valence-electron chi connectivity index (χ2n) is 21.1. The van der Waals surface area contributed by atoms with Gasteiger partial charge in [0, 0.05) is 65.3 Å². The Hall–Kier alpha value is -11.2. The van der Waals surface area contributed by atoms with Crippen molar-refractivity contribution in [1.82, 2.24) is 33.2 Å². The molecule has 6 aromatic heterocycles. The summed E-state index contributed by atoms with van der Waals surface area (Å²) >= 11 is 0. The molecule has 82 heavy (non-hydrogen) atoms. The van der Waals surface area contributed by atoms with Crippen LogP contribution < -0.4 is 0 Å². The molecule has 0 saturated heterocycles. The number of hydrogen-bond acceptors (Lipinski definition) is 3. The highest BCUT2D eigenvalue weighted by atomic mass is 15.2. The summed E-state index contributed by atoms with van der Waals surface area (Å²) in [5.74, 6) is 2.22. The van der Waals surface area contributed by atoms with E-state index < -0.39 is 0 Å². The summed E-state index contributed by atoms with van der Waals surface area (Å²) in [6.07, 6.45) is 0. The highest BCUT2D eigenvalue weighted by Gasteiger charge is 2.32. The average Bonchev–Trinajstić information content (AvgIpc) is 4.36. The smallest absolute Gasteiger partial charge is 0.165 e. The molecule has 11 aromatic carbocycles. The maximum Gasteiger partial charge on any atom is 0.165 e. The summed E-state index contributed by atoms with van der Waals surface area (Å²) in [7, 11) is 0. The van der Waals surface area contributed by atoms with Crippen molar-refractivity contribution in [3.63, 3.8) is 0 Å². The van der Waals surface area contributed by atoms with Crippen LogP contribution in [0.2, 0.25) is 0 Å². The van der Waals surface area contributed by atoms with Gasteiger partial charge in [-0.3, -0.25) is 9.13 Å². The zero-order chi connectivity index (χ0) is 53.8. The van der Waals surface area contributed by atoms with Crippen molar-refractivity contribution in [2.45, 2.75) is 0 Å². The van der Waals surface area contributed by atoms with Gasteiger partial charge in [0.25, 0.3) is 0 Å². The van der Waals surface area contributed by atoms with Crippen molar-refractivity contribution >= 4 is 87.2 Å². The number of pyridine rings is 1. The lowest BCUT2D eigenvalue weighted by Crippen LogP contribution is -2.16. The molecule has 0 saturated carbocycles. The predicted octanol–water partition coefficient (Wildman–Crippen LogP) is 18.9. The third kappa shape index (κ3) is 6.87. The third-order valence-electron chi connectivity index (χ3n) is 16.6. The monoisotopic (exact) mass is 1050 g/mol. The number of para-hydroxylation sites is 8. The average molecular weight is 1050 g/mol. The number of fused-ring (bicyclic) bond motifs is 12. The van der Waals surface area contributed by atoms with E-state index in [1.54, 1.807) is 0 Å². The van der Waals surface area contributed by atoms with E-state index in [9.17, 15) is 0 Å². The lowest BCUT2D eigenvalue weighted by Gasteiger charge is -2.27. The van der Waals surface area contributed by atoms with Crippen molar-refractivity contribution in [2.24, 2.45) is 0 Å². The van der Waals surface area contributed by atoms with E-state index in [0.29, 0.717) is 5.82 Å². The fraction of sp³-hybridized carbons (Fsp3) is 0. The normalized spacial score (nSPS) is 11.9. The van der Waals surface area contributed by atoms with Crippen LogP contribution in [0.1, 0.15) is 0 Å². The molecule has 0 aliphatic heterocycles. The molecule has 0 N–H and O–H groups in total. The first kappa shape index (κ1) is 45.8. The van der Waals surface area contributed by atoms with Gasteiger partial charge in [-0.1, -0.05) is 231 Å². The van der Waals surface area contributed by atoms with Crippen molar-refractivity contribution in [3.05, 3.63) is 285 Å². The zero-order valence-corrected chi connectivity index (χ0v) is 44.3. The molecule has 7 heteroatoms. The molecule has 382 valence electrons. The quantitative estimate of drug-likeness (QED) is 0.152. The Bertz CT molecular complexity index is 4870. The molecule has 0 spiro atoms. The Morgan fingerprint density at radius 1 is 0.207 bits per heavy atom. The summed E-state index contributed by atoms with van der Waals surface area (Å²) < 4.78 is 9.82. The summed E-state index contributed by atoms with van der Waals surface area (Å²) in [6, 6.07) is 102. The van der Waals surface area contributed by atoms with E-state index in [4.69, 9.17) is 15.0 Å². The molecule has 0 bridgehead atoms. The second-order valence-corrected chi connectivity index (χ2v) is 21.1. The van der Waals surface area contributed by atoms with Crippen LogP contribution in [0, 0.1) is 0 Å². The van der Waals surface area contributed by atoms with Crippen LogP contribution >= 0.6 is 0 Å². The largest absolute Gasteiger partial charge is 0.305 e. The minimum atomic E-state index is 0.642. The molecule has 0 unspecified atom stereocenters. The van der Waals surface area contributed by atoms with Crippen LogP contribution in [-0.2, 0) is 0 Å².